The first kappa shape index (κ1) is 13.3. The number of nitrogens with one attached hydrogen (secondary N) is 1. The fourth-order valence-electron chi connectivity index (χ4n) is 1.48. The Labute approximate surface area is 116 Å². The SMILES string of the molecule is CN(C)c1ccc(C(=O)Nc2cnc(Cl)cn2)cc1. The van der Waals surface area contributed by atoms with Gasteiger partial charge in [0.15, 0.2) is 5.82 Å². The molecule has 0 spiro atoms. The van der Waals surface area contributed by atoms with Crippen molar-refractivity contribution in [2.45, 2.75) is 0 Å². The minimum absolute atomic E-state index is 0.234. The summed E-state index contributed by atoms with van der Waals surface area (Å²) in [7, 11) is 3.89. The Kier molecular flexibility index (Phi) is 3.97. The van der Waals surface area contributed by atoms with E-state index in [1.54, 1.807) is 12.1 Å². The Morgan fingerprint density at radius 1 is 1.16 bits per heavy atom. The number of hydrogen-bond donors (Lipinski definition) is 1. The molecule has 19 heavy (non-hydrogen) atoms. The van der Waals surface area contributed by atoms with E-state index < -0.39 is 0 Å². The van der Waals surface area contributed by atoms with Crippen molar-refractivity contribution >= 4 is 29.0 Å². The minimum atomic E-state index is -0.234. The number of benzene rings is 1. The summed E-state index contributed by atoms with van der Waals surface area (Å²) in [4.78, 5) is 21.7. The number of amides is 1. The summed E-state index contributed by atoms with van der Waals surface area (Å²) in [6.45, 7) is 0. The first-order valence-corrected chi connectivity index (χ1v) is 6.00. The lowest BCUT2D eigenvalue weighted by Crippen LogP contribution is -2.14. The first-order valence-electron chi connectivity index (χ1n) is 5.62. The van der Waals surface area contributed by atoms with E-state index in [4.69, 9.17) is 11.6 Å². The highest BCUT2D eigenvalue weighted by molar-refractivity contribution is 6.29. The standard InChI is InChI=1S/C13H13ClN4O/c1-18(2)10-5-3-9(4-6-10)13(19)17-12-8-15-11(14)7-16-12/h3-8H,1-2H3,(H,16,17,19). The van der Waals surface area contributed by atoms with Crippen molar-refractivity contribution in [3.63, 3.8) is 0 Å². The summed E-state index contributed by atoms with van der Waals surface area (Å²) >= 11 is 5.62. The molecule has 0 bridgehead atoms. The molecule has 1 heterocycles. The van der Waals surface area contributed by atoms with Crippen molar-refractivity contribution in [1.29, 1.82) is 0 Å². The molecule has 5 nitrogen and oxygen atoms in total. The Morgan fingerprint density at radius 2 is 1.84 bits per heavy atom. The van der Waals surface area contributed by atoms with Gasteiger partial charge in [-0.25, -0.2) is 9.97 Å². The lowest BCUT2D eigenvalue weighted by Gasteiger charge is -2.12. The second-order valence-corrected chi connectivity index (χ2v) is 4.51. The van der Waals surface area contributed by atoms with E-state index in [9.17, 15) is 4.79 Å². The summed E-state index contributed by atoms with van der Waals surface area (Å²) in [6, 6.07) is 7.27. The molecule has 2 aromatic rings. The van der Waals surface area contributed by atoms with Gasteiger partial charge in [-0.05, 0) is 24.3 Å². The summed E-state index contributed by atoms with van der Waals surface area (Å²) < 4.78 is 0. The van der Waals surface area contributed by atoms with Gasteiger partial charge in [0.05, 0.1) is 12.4 Å². The van der Waals surface area contributed by atoms with Crippen LogP contribution in [-0.2, 0) is 0 Å². The number of hydrogen-bond acceptors (Lipinski definition) is 4. The van der Waals surface area contributed by atoms with Crippen LogP contribution in [-0.4, -0.2) is 30.0 Å². The van der Waals surface area contributed by atoms with Crippen LogP contribution in [0.2, 0.25) is 5.15 Å². The van der Waals surface area contributed by atoms with E-state index in [0.29, 0.717) is 11.4 Å². The van der Waals surface area contributed by atoms with Crippen molar-refractivity contribution in [2.24, 2.45) is 0 Å². The van der Waals surface area contributed by atoms with Crippen LogP contribution in [0.5, 0.6) is 0 Å². The highest BCUT2D eigenvalue weighted by Crippen LogP contribution is 2.13. The van der Waals surface area contributed by atoms with E-state index in [2.05, 4.69) is 15.3 Å². The maximum Gasteiger partial charge on any atom is 0.256 e. The van der Waals surface area contributed by atoms with E-state index >= 15 is 0 Å². The highest BCUT2D eigenvalue weighted by Gasteiger charge is 2.07. The number of halogens is 1. The average molecular weight is 277 g/mol. The van der Waals surface area contributed by atoms with Crippen LogP contribution in [0.3, 0.4) is 0 Å². The monoisotopic (exact) mass is 276 g/mol. The molecule has 1 aromatic heterocycles. The third-order valence-electron chi connectivity index (χ3n) is 2.51. The molecule has 0 saturated heterocycles. The molecule has 0 atom stereocenters. The Hall–Kier alpha value is -2.14. The first-order chi connectivity index (χ1) is 9.06. The van der Waals surface area contributed by atoms with Gasteiger partial charge in [-0.2, -0.15) is 0 Å². The second-order valence-electron chi connectivity index (χ2n) is 4.12. The van der Waals surface area contributed by atoms with Crippen LogP contribution >= 0.6 is 11.6 Å². The fraction of sp³-hybridized carbons (Fsp3) is 0.154. The highest BCUT2D eigenvalue weighted by atomic mass is 35.5. The predicted molar refractivity (Wildman–Crippen MR) is 75.8 cm³/mol. The lowest BCUT2D eigenvalue weighted by molar-refractivity contribution is 0.102. The van der Waals surface area contributed by atoms with Crippen molar-refractivity contribution < 1.29 is 4.79 Å². The number of nitrogens with zero attached hydrogens (tertiary/aromatic N) is 3. The normalized spacial score (nSPS) is 10.1. The van der Waals surface area contributed by atoms with Crippen LogP contribution in [0.4, 0.5) is 11.5 Å². The Morgan fingerprint density at radius 3 is 2.37 bits per heavy atom. The maximum absolute atomic E-state index is 12.0. The molecule has 1 aromatic carbocycles. The van der Waals surface area contributed by atoms with Gasteiger partial charge in [-0.15, -0.1) is 0 Å². The van der Waals surface area contributed by atoms with E-state index in [1.165, 1.54) is 12.4 Å². The van der Waals surface area contributed by atoms with Gasteiger partial charge >= 0.3 is 0 Å². The largest absolute Gasteiger partial charge is 0.378 e. The molecule has 1 amide bonds. The van der Waals surface area contributed by atoms with Crippen LogP contribution in [0.1, 0.15) is 10.4 Å². The van der Waals surface area contributed by atoms with Gasteiger partial charge < -0.3 is 10.2 Å². The molecule has 0 aliphatic rings. The maximum atomic E-state index is 12.0. The van der Waals surface area contributed by atoms with Crippen molar-refractivity contribution in [3.8, 4) is 0 Å². The van der Waals surface area contributed by atoms with E-state index in [0.717, 1.165) is 5.69 Å². The molecule has 0 aliphatic heterocycles. The molecule has 0 unspecified atom stereocenters. The van der Waals surface area contributed by atoms with E-state index in [-0.39, 0.29) is 11.1 Å². The number of anilines is 2. The summed E-state index contributed by atoms with van der Waals surface area (Å²) in [5.74, 6) is 0.132. The molecular weight excluding hydrogens is 264 g/mol. The average Bonchev–Trinajstić information content (AvgIpc) is 2.41. The Bertz CT molecular complexity index is 566. The minimum Gasteiger partial charge on any atom is -0.378 e. The van der Waals surface area contributed by atoms with Crippen molar-refractivity contribution in [3.05, 3.63) is 47.4 Å². The van der Waals surface area contributed by atoms with Gasteiger partial charge in [0.2, 0.25) is 0 Å². The molecule has 0 fully saturated rings. The van der Waals surface area contributed by atoms with Crippen LogP contribution in [0, 0.1) is 0 Å². The molecule has 98 valence electrons. The van der Waals surface area contributed by atoms with Crippen LogP contribution in [0.25, 0.3) is 0 Å². The number of rotatable bonds is 3. The molecule has 0 saturated carbocycles. The van der Waals surface area contributed by atoms with Crippen molar-refractivity contribution in [2.75, 3.05) is 24.3 Å². The van der Waals surface area contributed by atoms with Crippen LogP contribution < -0.4 is 10.2 Å². The zero-order chi connectivity index (χ0) is 13.8. The zero-order valence-electron chi connectivity index (χ0n) is 10.6. The number of carbonyl (C=O) groups is 1. The van der Waals surface area contributed by atoms with Crippen molar-refractivity contribution in [1.82, 2.24) is 9.97 Å². The third-order valence-corrected chi connectivity index (χ3v) is 2.70. The molecule has 6 heteroatoms. The van der Waals surface area contributed by atoms with Crippen LogP contribution in [0.15, 0.2) is 36.7 Å². The molecule has 2 rings (SSSR count). The van der Waals surface area contributed by atoms with Gasteiger partial charge in [-0.1, -0.05) is 11.6 Å². The van der Waals surface area contributed by atoms with Gasteiger partial charge in [-0.3, -0.25) is 4.79 Å². The lowest BCUT2D eigenvalue weighted by atomic mass is 10.2. The predicted octanol–water partition coefficient (Wildman–Crippen LogP) is 2.45. The van der Waals surface area contributed by atoms with Gasteiger partial charge in [0, 0.05) is 25.3 Å². The molecular formula is C13H13ClN4O. The smallest absolute Gasteiger partial charge is 0.256 e. The number of carbonyl (C=O) groups excluding carboxylic acids is 1. The summed E-state index contributed by atoms with van der Waals surface area (Å²) in [5.41, 5.74) is 1.59. The fourth-order valence-corrected chi connectivity index (χ4v) is 1.57. The summed E-state index contributed by atoms with van der Waals surface area (Å²) in [5, 5.41) is 2.93. The molecule has 1 N–H and O–H groups in total. The zero-order valence-corrected chi connectivity index (χ0v) is 11.3. The summed E-state index contributed by atoms with van der Waals surface area (Å²) in [6.07, 6.45) is 2.79. The quantitative estimate of drug-likeness (QED) is 0.935. The second kappa shape index (κ2) is 5.67. The topological polar surface area (TPSA) is 58.1 Å². The molecule has 0 aliphatic carbocycles. The van der Waals surface area contributed by atoms with Gasteiger partial charge in [0.1, 0.15) is 5.15 Å². The third kappa shape index (κ3) is 3.42. The van der Waals surface area contributed by atoms with Gasteiger partial charge in [0.25, 0.3) is 5.91 Å². The van der Waals surface area contributed by atoms with E-state index in [1.807, 2.05) is 31.1 Å². The molecule has 0 radical (unpaired) electrons. The number of aromatic nitrogens is 2. The Balaban J connectivity index is 2.09.